The first kappa shape index (κ1) is 19.3. The van der Waals surface area contributed by atoms with E-state index in [0.29, 0.717) is 28.4 Å². The van der Waals surface area contributed by atoms with E-state index in [1.54, 1.807) is 63.4 Å². The summed E-state index contributed by atoms with van der Waals surface area (Å²) in [6, 6.07) is 11.8. The Morgan fingerprint density at radius 3 is 2.46 bits per heavy atom. The van der Waals surface area contributed by atoms with E-state index in [9.17, 15) is 9.59 Å². The summed E-state index contributed by atoms with van der Waals surface area (Å²) < 4.78 is 21.0. The van der Waals surface area contributed by atoms with Crippen molar-refractivity contribution in [3.05, 3.63) is 59.3 Å². The Labute approximate surface area is 162 Å². The van der Waals surface area contributed by atoms with E-state index in [1.165, 1.54) is 6.08 Å². The number of carbonyl (C=O) groups excluding carboxylic acids is 2. The number of ether oxygens (including phenoxy) is 4. The van der Waals surface area contributed by atoms with Crippen molar-refractivity contribution in [3.63, 3.8) is 0 Å². The number of fused-ring (bicyclic) bond motifs is 1. The maximum Gasteiger partial charge on any atom is 0.355 e. The SMILES string of the molecule is COc1ccc(C(=O)N/C(=C\c2ccc3c(c2)OCO3)C(=O)OC(C)C)cc1. The summed E-state index contributed by atoms with van der Waals surface area (Å²) in [6.07, 6.45) is 1.21. The van der Waals surface area contributed by atoms with E-state index in [1.807, 2.05) is 0 Å². The van der Waals surface area contributed by atoms with Gasteiger partial charge in [-0.25, -0.2) is 4.79 Å². The van der Waals surface area contributed by atoms with Gasteiger partial charge < -0.3 is 24.3 Å². The van der Waals surface area contributed by atoms with Crippen molar-refractivity contribution in [1.82, 2.24) is 5.32 Å². The molecular weight excluding hydrogens is 362 g/mol. The second-order valence-corrected chi connectivity index (χ2v) is 6.31. The monoisotopic (exact) mass is 383 g/mol. The molecule has 1 aliphatic rings. The van der Waals surface area contributed by atoms with Gasteiger partial charge in [0.05, 0.1) is 13.2 Å². The van der Waals surface area contributed by atoms with E-state index >= 15 is 0 Å². The van der Waals surface area contributed by atoms with Crippen LogP contribution in [0.4, 0.5) is 0 Å². The van der Waals surface area contributed by atoms with Crippen LogP contribution in [0.15, 0.2) is 48.2 Å². The van der Waals surface area contributed by atoms with Gasteiger partial charge in [0.2, 0.25) is 6.79 Å². The standard InChI is InChI=1S/C21H21NO6/c1-13(2)28-21(24)17(10-14-4-9-18-19(11-14)27-12-26-18)22-20(23)15-5-7-16(25-3)8-6-15/h4-11,13H,12H2,1-3H3,(H,22,23)/b17-10-. The molecule has 146 valence electrons. The summed E-state index contributed by atoms with van der Waals surface area (Å²) in [6.45, 7) is 3.63. The number of amides is 1. The molecule has 2 aromatic rings. The second kappa shape index (κ2) is 8.47. The Kier molecular flexibility index (Phi) is 5.84. The van der Waals surface area contributed by atoms with Gasteiger partial charge in [-0.15, -0.1) is 0 Å². The molecular formula is C21H21NO6. The molecule has 0 saturated heterocycles. The summed E-state index contributed by atoms with van der Waals surface area (Å²) in [7, 11) is 1.54. The van der Waals surface area contributed by atoms with Gasteiger partial charge in [0.1, 0.15) is 11.4 Å². The lowest BCUT2D eigenvalue weighted by Crippen LogP contribution is -2.29. The summed E-state index contributed by atoms with van der Waals surface area (Å²) in [4.78, 5) is 25.1. The number of hydrogen-bond donors (Lipinski definition) is 1. The van der Waals surface area contributed by atoms with Crippen LogP contribution in [0.3, 0.4) is 0 Å². The van der Waals surface area contributed by atoms with Crippen molar-refractivity contribution < 1.29 is 28.5 Å². The molecule has 0 radical (unpaired) electrons. The molecule has 0 spiro atoms. The summed E-state index contributed by atoms with van der Waals surface area (Å²) in [5.74, 6) is 0.773. The van der Waals surface area contributed by atoms with Gasteiger partial charge in [-0.05, 0) is 61.9 Å². The molecule has 0 atom stereocenters. The molecule has 1 amide bonds. The van der Waals surface area contributed by atoms with Crippen molar-refractivity contribution in [1.29, 1.82) is 0 Å². The maximum absolute atomic E-state index is 12.6. The fourth-order valence-electron chi connectivity index (χ4n) is 2.53. The predicted octanol–water partition coefficient (Wildman–Crippen LogP) is 3.15. The first-order valence-corrected chi connectivity index (χ1v) is 8.74. The van der Waals surface area contributed by atoms with E-state index < -0.39 is 11.9 Å². The highest BCUT2D eigenvalue weighted by Gasteiger charge is 2.19. The van der Waals surface area contributed by atoms with Crippen LogP contribution < -0.4 is 19.5 Å². The lowest BCUT2D eigenvalue weighted by Gasteiger charge is -2.13. The van der Waals surface area contributed by atoms with Crippen molar-refractivity contribution in [2.75, 3.05) is 13.9 Å². The minimum atomic E-state index is -0.630. The molecule has 28 heavy (non-hydrogen) atoms. The van der Waals surface area contributed by atoms with Crippen molar-refractivity contribution in [3.8, 4) is 17.2 Å². The van der Waals surface area contributed by atoms with Crippen LogP contribution in [0, 0.1) is 0 Å². The molecule has 7 heteroatoms. The van der Waals surface area contributed by atoms with Crippen LogP contribution in [0.1, 0.15) is 29.8 Å². The summed E-state index contributed by atoms with van der Waals surface area (Å²) in [5.41, 5.74) is 1.07. The molecule has 1 N–H and O–H groups in total. The number of carbonyl (C=O) groups is 2. The number of esters is 1. The molecule has 0 saturated carbocycles. The third-order valence-corrected chi connectivity index (χ3v) is 3.87. The van der Waals surface area contributed by atoms with Crippen LogP contribution in [-0.4, -0.2) is 31.9 Å². The second-order valence-electron chi connectivity index (χ2n) is 6.31. The largest absolute Gasteiger partial charge is 0.497 e. The predicted molar refractivity (Wildman–Crippen MR) is 102 cm³/mol. The Morgan fingerprint density at radius 1 is 1.07 bits per heavy atom. The zero-order valence-electron chi connectivity index (χ0n) is 15.9. The summed E-state index contributed by atoms with van der Waals surface area (Å²) in [5, 5.41) is 2.63. The average Bonchev–Trinajstić information content (AvgIpc) is 3.14. The van der Waals surface area contributed by atoms with Crippen LogP contribution in [0.25, 0.3) is 6.08 Å². The molecule has 1 aliphatic heterocycles. The van der Waals surface area contributed by atoms with Gasteiger partial charge in [0, 0.05) is 5.56 Å². The molecule has 7 nitrogen and oxygen atoms in total. The molecule has 0 aromatic heterocycles. The highest BCUT2D eigenvalue weighted by molar-refractivity contribution is 6.03. The normalized spacial score (nSPS) is 12.6. The quantitative estimate of drug-likeness (QED) is 0.610. The van der Waals surface area contributed by atoms with Crippen molar-refractivity contribution in [2.24, 2.45) is 0 Å². The number of benzene rings is 2. The topological polar surface area (TPSA) is 83.1 Å². The van der Waals surface area contributed by atoms with Crippen molar-refractivity contribution in [2.45, 2.75) is 20.0 Å². The van der Waals surface area contributed by atoms with Gasteiger partial charge in [-0.3, -0.25) is 4.79 Å². The fourth-order valence-corrected chi connectivity index (χ4v) is 2.53. The molecule has 1 heterocycles. The van der Waals surface area contributed by atoms with Gasteiger partial charge in [0.15, 0.2) is 11.5 Å². The van der Waals surface area contributed by atoms with Gasteiger partial charge in [-0.1, -0.05) is 6.07 Å². The smallest absolute Gasteiger partial charge is 0.355 e. The van der Waals surface area contributed by atoms with Crippen LogP contribution >= 0.6 is 0 Å². The van der Waals surface area contributed by atoms with Gasteiger partial charge >= 0.3 is 5.97 Å². The van der Waals surface area contributed by atoms with Gasteiger partial charge in [-0.2, -0.15) is 0 Å². The number of nitrogens with one attached hydrogen (secondary N) is 1. The lowest BCUT2D eigenvalue weighted by molar-refractivity contribution is -0.142. The first-order chi connectivity index (χ1) is 13.5. The third kappa shape index (κ3) is 4.62. The summed E-state index contributed by atoms with van der Waals surface area (Å²) >= 11 is 0. The number of hydrogen-bond acceptors (Lipinski definition) is 6. The zero-order chi connectivity index (χ0) is 20.1. The van der Waals surface area contributed by atoms with E-state index in [4.69, 9.17) is 18.9 Å². The molecule has 0 fully saturated rings. The van der Waals surface area contributed by atoms with E-state index in [-0.39, 0.29) is 18.6 Å². The highest BCUT2D eigenvalue weighted by Crippen LogP contribution is 2.33. The molecule has 0 bridgehead atoms. The third-order valence-electron chi connectivity index (χ3n) is 3.87. The van der Waals surface area contributed by atoms with Crippen LogP contribution in [-0.2, 0) is 9.53 Å². The Morgan fingerprint density at radius 2 is 1.79 bits per heavy atom. The molecule has 3 rings (SSSR count). The zero-order valence-corrected chi connectivity index (χ0v) is 15.9. The number of methoxy groups -OCH3 is 1. The fraction of sp³-hybridized carbons (Fsp3) is 0.238. The Bertz CT molecular complexity index is 902. The Hall–Kier alpha value is -3.48. The van der Waals surface area contributed by atoms with E-state index in [2.05, 4.69) is 5.32 Å². The molecule has 2 aromatic carbocycles. The molecule has 0 unspecified atom stereocenters. The highest BCUT2D eigenvalue weighted by atomic mass is 16.7. The lowest BCUT2D eigenvalue weighted by atomic mass is 10.1. The minimum absolute atomic E-state index is 0.0217. The van der Waals surface area contributed by atoms with E-state index in [0.717, 1.165) is 0 Å². The van der Waals surface area contributed by atoms with Crippen molar-refractivity contribution >= 4 is 18.0 Å². The van der Waals surface area contributed by atoms with Gasteiger partial charge in [0.25, 0.3) is 5.91 Å². The molecule has 0 aliphatic carbocycles. The Balaban J connectivity index is 1.85. The first-order valence-electron chi connectivity index (χ1n) is 8.74. The number of rotatable bonds is 6. The van der Waals surface area contributed by atoms with Crippen LogP contribution in [0.2, 0.25) is 0 Å². The van der Waals surface area contributed by atoms with Crippen LogP contribution in [0.5, 0.6) is 17.2 Å². The average molecular weight is 383 g/mol. The minimum Gasteiger partial charge on any atom is -0.497 e. The maximum atomic E-state index is 12.6.